The van der Waals surface area contributed by atoms with Crippen molar-refractivity contribution in [2.75, 3.05) is 7.11 Å². The van der Waals surface area contributed by atoms with Crippen LogP contribution in [0, 0.1) is 35.5 Å². The minimum absolute atomic E-state index is 0.167. The maximum atomic E-state index is 13.1. The molecule has 2 aromatic rings. The molecule has 168 valence electrons. The van der Waals surface area contributed by atoms with Crippen molar-refractivity contribution in [2.24, 2.45) is 40.6 Å². The van der Waals surface area contributed by atoms with Gasteiger partial charge in [0.2, 0.25) is 0 Å². The number of amides is 2. The molecular formula is C26H23BrN2O4. The summed E-state index contributed by atoms with van der Waals surface area (Å²) in [6, 6.07) is 13.5. The minimum atomic E-state index is -0.247. The smallest absolute Gasteiger partial charge is 0.254 e. The predicted molar refractivity (Wildman–Crippen MR) is 126 cm³/mol. The minimum Gasteiger partial charge on any atom is -0.493 e. The highest BCUT2D eigenvalue weighted by Crippen LogP contribution is 2.65. The molecule has 5 aliphatic rings. The lowest BCUT2D eigenvalue weighted by Gasteiger charge is -2.37. The van der Waals surface area contributed by atoms with Crippen molar-refractivity contribution in [1.82, 2.24) is 5.01 Å². The molecule has 0 radical (unpaired) electrons. The molecule has 0 N–H and O–H groups in total. The third kappa shape index (κ3) is 3.32. The Morgan fingerprint density at radius 2 is 1.73 bits per heavy atom. The Bertz CT molecular complexity index is 1160. The highest BCUT2D eigenvalue weighted by atomic mass is 79.9. The van der Waals surface area contributed by atoms with Gasteiger partial charge >= 0.3 is 0 Å². The molecule has 2 amide bonds. The van der Waals surface area contributed by atoms with Crippen molar-refractivity contribution in [1.29, 1.82) is 0 Å². The van der Waals surface area contributed by atoms with Crippen LogP contribution in [0.25, 0.3) is 0 Å². The van der Waals surface area contributed by atoms with Crippen molar-refractivity contribution < 1.29 is 19.1 Å². The summed E-state index contributed by atoms with van der Waals surface area (Å²) < 4.78 is 12.2. The van der Waals surface area contributed by atoms with Gasteiger partial charge in [0, 0.05) is 0 Å². The van der Waals surface area contributed by atoms with Crippen LogP contribution in [0.15, 0.2) is 64.2 Å². The largest absolute Gasteiger partial charge is 0.493 e. The molecule has 2 aromatic carbocycles. The quantitative estimate of drug-likeness (QED) is 0.330. The first kappa shape index (κ1) is 20.7. The number of methoxy groups -OCH3 is 1. The van der Waals surface area contributed by atoms with Crippen molar-refractivity contribution >= 4 is 34.0 Å². The monoisotopic (exact) mass is 506 g/mol. The van der Waals surface area contributed by atoms with Crippen LogP contribution in [0.1, 0.15) is 17.5 Å². The van der Waals surface area contributed by atoms with Crippen LogP contribution >= 0.6 is 15.9 Å². The Balaban J connectivity index is 1.21. The lowest BCUT2D eigenvalue weighted by atomic mass is 9.63. The van der Waals surface area contributed by atoms with Crippen molar-refractivity contribution in [3.63, 3.8) is 0 Å². The highest BCUT2D eigenvalue weighted by molar-refractivity contribution is 9.10. The zero-order chi connectivity index (χ0) is 22.7. The number of halogens is 1. The second-order valence-corrected chi connectivity index (χ2v) is 10.1. The number of nitrogens with zero attached hydrogens (tertiary/aromatic N) is 2. The maximum Gasteiger partial charge on any atom is 0.254 e. The van der Waals surface area contributed by atoms with Crippen molar-refractivity contribution in [3.8, 4) is 11.5 Å². The maximum absolute atomic E-state index is 13.1. The van der Waals surface area contributed by atoms with Crippen LogP contribution in [0.2, 0.25) is 0 Å². The lowest BCUT2D eigenvalue weighted by molar-refractivity contribution is -0.140. The summed E-state index contributed by atoms with van der Waals surface area (Å²) in [5.41, 5.74) is 1.75. The van der Waals surface area contributed by atoms with Crippen LogP contribution in [-0.4, -0.2) is 30.1 Å². The van der Waals surface area contributed by atoms with E-state index in [1.807, 2.05) is 36.4 Å². The molecule has 1 saturated heterocycles. The first-order valence-corrected chi connectivity index (χ1v) is 12.0. The second kappa shape index (κ2) is 7.83. The Hall–Kier alpha value is -2.93. The summed E-state index contributed by atoms with van der Waals surface area (Å²) in [5, 5.41) is 5.41. The van der Waals surface area contributed by atoms with E-state index in [1.54, 1.807) is 13.2 Å². The van der Waals surface area contributed by atoms with E-state index in [1.165, 1.54) is 6.21 Å². The molecule has 6 atom stereocenters. The van der Waals surface area contributed by atoms with Crippen molar-refractivity contribution in [2.45, 2.75) is 13.0 Å². The summed E-state index contributed by atoms with van der Waals surface area (Å²) in [5.74, 6) is 1.83. The van der Waals surface area contributed by atoms with E-state index in [-0.39, 0.29) is 35.5 Å². The van der Waals surface area contributed by atoms with Crippen LogP contribution in [0.4, 0.5) is 0 Å². The third-order valence-corrected chi connectivity index (χ3v) is 8.03. The Kier molecular flexibility index (Phi) is 4.91. The normalized spacial score (nSPS) is 31.2. The van der Waals surface area contributed by atoms with E-state index >= 15 is 0 Å². The summed E-state index contributed by atoms with van der Waals surface area (Å²) in [6.07, 6.45) is 7.01. The molecular weight excluding hydrogens is 484 g/mol. The molecule has 7 heteroatoms. The van der Waals surface area contributed by atoms with Gasteiger partial charge < -0.3 is 9.47 Å². The highest BCUT2D eigenvalue weighted by Gasteiger charge is 2.67. The molecule has 4 aliphatic carbocycles. The number of carbonyl (C=O) groups excluding carboxylic acids is 2. The number of allylic oxidation sites excluding steroid dienone is 2. The zero-order valence-electron chi connectivity index (χ0n) is 18.1. The molecule has 1 heterocycles. The first-order valence-electron chi connectivity index (χ1n) is 11.2. The van der Waals surface area contributed by atoms with E-state index in [2.05, 4.69) is 33.2 Å². The third-order valence-electron chi connectivity index (χ3n) is 7.44. The first-order chi connectivity index (χ1) is 16.1. The number of rotatable bonds is 6. The summed E-state index contributed by atoms with van der Waals surface area (Å²) >= 11 is 3.55. The average molecular weight is 507 g/mol. The molecule has 0 aromatic heterocycles. The standard InChI is InChI=1S/C26H23BrN2O4/c1-32-21-10-15(9-20(27)24(21)33-13-14-5-3-2-4-6-14)12-28-29-25(30)22-16-7-8-17(19-11-18(16)19)23(22)26(29)31/h2-10,12,16-19,22-23H,11,13H2,1H3/t16-,17-,18-,19-,22+,23+/m0/s1. The number of hydrogen-bond donors (Lipinski definition) is 0. The molecule has 2 bridgehead atoms. The van der Waals surface area contributed by atoms with Gasteiger partial charge in [0.05, 0.1) is 29.6 Å². The number of hydrogen-bond acceptors (Lipinski definition) is 5. The van der Waals surface area contributed by atoms with Gasteiger partial charge in [-0.2, -0.15) is 10.1 Å². The molecule has 6 nitrogen and oxygen atoms in total. The van der Waals surface area contributed by atoms with Crippen LogP contribution in [0.3, 0.4) is 0 Å². The van der Waals surface area contributed by atoms with Gasteiger partial charge in [-0.15, -0.1) is 0 Å². The van der Waals surface area contributed by atoms with Crippen molar-refractivity contribution in [3.05, 3.63) is 70.2 Å². The Morgan fingerprint density at radius 3 is 2.36 bits per heavy atom. The van der Waals surface area contributed by atoms with Gasteiger partial charge in [-0.1, -0.05) is 42.5 Å². The molecule has 33 heavy (non-hydrogen) atoms. The fourth-order valence-electron chi connectivity index (χ4n) is 5.86. The molecule has 0 unspecified atom stereocenters. The van der Waals surface area contributed by atoms with Gasteiger partial charge in [-0.3, -0.25) is 9.59 Å². The molecule has 7 rings (SSSR count). The van der Waals surface area contributed by atoms with Crippen LogP contribution < -0.4 is 9.47 Å². The van der Waals surface area contributed by atoms with Crippen LogP contribution in [0.5, 0.6) is 11.5 Å². The van der Waals surface area contributed by atoms with E-state index in [9.17, 15) is 9.59 Å². The molecule has 0 spiro atoms. The Morgan fingerprint density at radius 1 is 1.06 bits per heavy atom. The number of imide groups is 1. The topological polar surface area (TPSA) is 68.2 Å². The lowest BCUT2D eigenvalue weighted by Crippen LogP contribution is -2.40. The van der Waals surface area contributed by atoms with Gasteiger partial charge in [-0.25, -0.2) is 0 Å². The van der Waals surface area contributed by atoms with Gasteiger partial charge in [-0.05, 0) is 69.3 Å². The zero-order valence-corrected chi connectivity index (χ0v) is 19.6. The number of ether oxygens (including phenoxy) is 2. The van der Waals surface area contributed by atoms with E-state index in [4.69, 9.17) is 9.47 Å². The predicted octanol–water partition coefficient (Wildman–Crippen LogP) is 4.42. The van der Waals surface area contributed by atoms with Crippen LogP contribution in [-0.2, 0) is 16.2 Å². The SMILES string of the molecule is COc1cc(C=NN2C(=O)[C@@H]3[C@H]4C=C[C@@H]([C@@H]5C[C@@H]45)[C@H]3C2=O)cc(Br)c1OCc1ccccc1. The van der Waals surface area contributed by atoms with E-state index in [0.29, 0.717) is 40.0 Å². The summed E-state index contributed by atoms with van der Waals surface area (Å²) in [6.45, 7) is 0.404. The number of carbonyl (C=O) groups is 2. The molecule has 1 aliphatic heterocycles. The number of benzene rings is 2. The van der Waals surface area contributed by atoms with Gasteiger partial charge in [0.1, 0.15) is 6.61 Å². The fourth-order valence-corrected chi connectivity index (χ4v) is 6.44. The second-order valence-electron chi connectivity index (χ2n) is 9.20. The van der Waals surface area contributed by atoms with Gasteiger partial charge in [0.15, 0.2) is 11.5 Å². The van der Waals surface area contributed by atoms with Gasteiger partial charge in [0.25, 0.3) is 11.8 Å². The van der Waals surface area contributed by atoms with E-state index in [0.717, 1.165) is 17.0 Å². The molecule has 3 fully saturated rings. The van der Waals surface area contributed by atoms with E-state index < -0.39 is 0 Å². The molecule has 2 saturated carbocycles. The summed E-state index contributed by atoms with van der Waals surface area (Å²) in [4.78, 5) is 26.2. The Labute approximate surface area is 200 Å². The number of hydrazone groups is 1. The fraction of sp³-hybridized carbons (Fsp3) is 0.346. The average Bonchev–Trinajstić information content (AvgIpc) is 3.61. The summed E-state index contributed by atoms with van der Waals surface area (Å²) in [7, 11) is 1.57.